The van der Waals surface area contributed by atoms with Gasteiger partial charge in [-0.2, -0.15) is 5.26 Å². The summed E-state index contributed by atoms with van der Waals surface area (Å²) in [5.74, 6) is 0. The first-order chi connectivity index (χ1) is 57.3. The molecule has 0 aliphatic rings. The van der Waals surface area contributed by atoms with E-state index in [1.54, 1.807) is 12.1 Å². The summed E-state index contributed by atoms with van der Waals surface area (Å²) in [5, 5.41) is 8.68. The molecule has 0 saturated carbocycles. The van der Waals surface area contributed by atoms with E-state index in [9.17, 15) is 8.42 Å². The van der Waals surface area contributed by atoms with E-state index in [0.29, 0.717) is 33.1 Å². The van der Waals surface area contributed by atoms with E-state index in [1.807, 2.05) is 165 Å². The van der Waals surface area contributed by atoms with Crippen LogP contribution in [0.2, 0.25) is 0 Å². The molecular weight excluding hydrogens is 1550 g/mol. The van der Waals surface area contributed by atoms with E-state index in [0.717, 1.165) is 11.1 Å². The summed E-state index contributed by atoms with van der Waals surface area (Å²) in [5.41, 5.74) is 21.4. The van der Waals surface area contributed by atoms with Crippen molar-refractivity contribution >= 4 is 32.6 Å². The number of hydrogen-bond donors (Lipinski definition) is 0. The van der Waals surface area contributed by atoms with Crippen LogP contribution in [0.3, 0.4) is 0 Å². The Morgan fingerprint density at radius 2 is 0.432 bits per heavy atom. The van der Waals surface area contributed by atoms with Crippen molar-refractivity contribution in [2.45, 2.75) is 300 Å². The fraction of sp³-hybridized carbons (Fsp3) is 0.404. The lowest BCUT2D eigenvalue weighted by Gasteiger charge is -2.18. The van der Waals surface area contributed by atoms with Crippen LogP contribution in [0.15, 0.2) is 279 Å². The molecule has 0 spiro atoms. The Balaban J connectivity index is 0.000000688. The van der Waals surface area contributed by atoms with Gasteiger partial charge in [-0.3, -0.25) is 15.0 Å². The maximum Gasteiger partial charge on any atom is 0.187 e. The van der Waals surface area contributed by atoms with Gasteiger partial charge in [0, 0.05) is 43.4 Å². The minimum atomic E-state index is -3.07. The third kappa shape index (κ3) is 46.2. The van der Waals surface area contributed by atoms with Gasteiger partial charge in [-0.25, -0.2) is 27.8 Å². The minimum Gasteiger partial charge on any atom is -0.265 e. The van der Waals surface area contributed by atoms with E-state index in [2.05, 4.69) is 373 Å². The molecule has 0 atom stereocenters. The Labute approximate surface area is 760 Å². The molecule has 0 fully saturated rings. The fourth-order valence-corrected chi connectivity index (χ4v) is 11.6. The van der Waals surface area contributed by atoms with Crippen LogP contribution in [0, 0.1) is 44.5 Å². The summed E-state index contributed by atoms with van der Waals surface area (Å²) in [6, 6.07) is 79.7. The average molecular weight is 1700 g/mol. The van der Waals surface area contributed by atoms with Crippen molar-refractivity contribution in [3.63, 3.8) is 0 Å². The molecule has 0 radical (unpaired) electrons. The van der Waals surface area contributed by atoms with Gasteiger partial charge in [-0.05, 0) is 188 Å². The zero-order chi connectivity index (χ0) is 95.9. The van der Waals surface area contributed by atoms with Gasteiger partial charge in [0.05, 0.1) is 42.8 Å². The monoisotopic (exact) mass is 1700 g/mol. The maximum atomic E-state index is 11.2. The van der Waals surface area contributed by atoms with Crippen molar-refractivity contribution in [3.8, 4) is 6.07 Å². The zero-order valence-electron chi connectivity index (χ0n) is 82.8. The predicted molar refractivity (Wildman–Crippen MR) is 538 cm³/mol. The van der Waals surface area contributed by atoms with Gasteiger partial charge >= 0.3 is 0 Å². The van der Waals surface area contributed by atoms with Crippen molar-refractivity contribution in [2.75, 3.05) is 6.26 Å². The summed E-state index contributed by atoms with van der Waals surface area (Å²) in [4.78, 5) is 25.6. The van der Waals surface area contributed by atoms with Crippen molar-refractivity contribution in [1.29, 1.82) is 5.26 Å². The molecular formula is C114H150N8O2S. The fourth-order valence-electron chi connectivity index (χ4n) is 10.9. The highest BCUT2D eigenvalue weighted by Crippen LogP contribution is 2.32. The third-order valence-electron chi connectivity index (χ3n) is 19.7. The predicted octanol–water partition coefficient (Wildman–Crippen LogP) is 32.8. The van der Waals surface area contributed by atoms with Crippen molar-refractivity contribution < 1.29 is 8.42 Å². The molecule has 10 nitrogen and oxygen atoms in total. The molecule has 0 aliphatic carbocycles. The van der Waals surface area contributed by atoms with E-state index in [4.69, 9.17) is 31.6 Å². The van der Waals surface area contributed by atoms with Crippen LogP contribution in [0.25, 0.3) is 19.4 Å². The Morgan fingerprint density at radius 1 is 0.248 bits per heavy atom. The second-order valence-corrected chi connectivity index (χ2v) is 44.3. The lowest BCUT2D eigenvalue weighted by Crippen LogP contribution is -2.11. The van der Waals surface area contributed by atoms with Crippen LogP contribution in [0.5, 0.6) is 0 Å². The number of hydrogen-bond acceptors (Lipinski definition) is 6. The van der Waals surface area contributed by atoms with Crippen molar-refractivity contribution in [2.24, 2.45) is 0 Å². The van der Waals surface area contributed by atoms with Gasteiger partial charge in [-0.15, -0.1) is 0 Å². The van der Waals surface area contributed by atoms with E-state index >= 15 is 0 Å². The average Bonchev–Trinajstić information content (AvgIpc) is 0.822. The van der Waals surface area contributed by atoms with E-state index < -0.39 is 9.84 Å². The first-order valence-electron chi connectivity index (χ1n) is 42.9. The summed E-state index contributed by atoms with van der Waals surface area (Å²) in [6.45, 7) is 101. The Bertz CT molecular complexity index is 4770. The molecule has 0 saturated heterocycles. The van der Waals surface area contributed by atoms with Crippen LogP contribution in [-0.2, 0) is 69.4 Å². The zero-order valence-corrected chi connectivity index (χ0v) is 83.6. The lowest BCUT2D eigenvalue weighted by molar-refractivity contribution is 0.587. The summed E-state index contributed by atoms with van der Waals surface area (Å²) >= 11 is 0. The van der Waals surface area contributed by atoms with Crippen LogP contribution in [0.1, 0.15) is 301 Å². The molecule has 8 aromatic carbocycles. The standard InChI is InChI=1S/5C11H13N.C11H16O2S.C11H16.C10H14.3C9H13N/c4*1-11(2,3)9-5-7-10(12-4)8-6-9;1-11(2,3)10-6-4-5-9(7-10)8-12;1-11(2,3)9-5-7-10(8-6-9)14(4,12)13;1-9-5-7-10(8-6-9)11(2,3)4;1-10(2,3)9-7-5-4-6-8-9;3*1-9(2,3)8-4-6-10-7-5-8/h4*5-8H,1-3H3;4-7H,1-3H3;5-8H,1-4H3;5-8H,1-4H3;4-8H,1-3H3;3*4-7H,1-3H3. The number of nitriles is 1. The highest BCUT2D eigenvalue weighted by atomic mass is 32.2. The Kier molecular flexibility index (Phi) is 44.6. The molecule has 125 heavy (non-hydrogen) atoms. The van der Waals surface area contributed by atoms with Gasteiger partial charge < -0.3 is 0 Å². The van der Waals surface area contributed by atoms with Crippen LogP contribution in [0.4, 0.5) is 22.7 Å². The molecule has 0 aliphatic heterocycles. The molecule has 0 amide bonds. The molecule has 3 aromatic heterocycles. The maximum absolute atomic E-state index is 11.2. The minimum absolute atomic E-state index is 0.0655. The molecule has 11 aromatic rings. The highest BCUT2D eigenvalue weighted by Gasteiger charge is 2.21. The van der Waals surface area contributed by atoms with Crippen LogP contribution < -0.4 is 0 Å². The second-order valence-electron chi connectivity index (χ2n) is 42.3. The van der Waals surface area contributed by atoms with Crippen LogP contribution >= 0.6 is 0 Å². The first kappa shape index (κ1) is 112. The third-order valence-corrected chi connectivity index (χ3v) is 20.8. The molecule has 3 heterocycles. The Morgan fingerprint density at radius 3 is 0.608 bits per heavy atom. The van der Waals surface area contributed by atoms with E-state index in [-0.39, 0.29) is 54.1 Å². The number of sulfone groups is 1. The number of aromatic nitrogens is 3. The van der Waals surface area contributed by atoms with E-state index in [1.165, 1.54) is 67.5 Å². The van der Waals surface area contributed by atoms with Gasteiger partial charge in [0.25, 0.3) is 0 Å². The van der Waals surface area contributed by atoms with Crippen molar-refractivity contribution in [3.05, 3.63) is 392 Å². The molecule has 0 bridgehead atoms. The highest BCUT2D eigenvalue weighted by molar-refractivity contribution is 7.90. The van der Waals surface area contributed by atoms with Gasteiger partial charge in [-0.1, -0.05) is 410 Å². The smallest absolute Gasteiger partial charge is 0.187 e. The van der Waals surface area contributed by atoms with Gasteiger partial charge in [0.1, 0.15) is 0 Å². The second kappa shape index (κ2) is 49.9. The Hall–Kier alpha value is -11.4. The molecule has 0 N–H and O–H groups in total. The lowest BCUT2D eigenvalue weighted by atomic mass is 9.86. The molecule has 11 heteroatoms. The normalized spacial score (nSPS) is 11.3. The number of pyridine rings is 3. The summed E-state index contributed by atoms with van der Waals surface area (Å²) in [6.07, 6.45) is 12.2. The van der Waals surface area contributed by atoms with Crippen LogP contribution in [-0.4, -0.2) is 29.6 Å². The summed E-state index contributed by atoms with van der Waals surface area (Å²) < 4.78 is 22.4. The molecule has 664 valence electrons. The van der Waals surface area contributed by atoms with Gasteiger partial charge in [0.2, 0.25) is 0 Å². The molecule has 0 unspecified atom stereocenters. The molecule has 11 rings (SSSR count). The number of aryl methyl sites for hydroxylation is 1. The number of nitrogens with zero attached hydrogens (tertiary/aromatic N) is 8. The largest absolute Gasteiger partial charge is 0.265 e. The summed E-state index contributed by atoms with van der Waals surface area (Å²) in [7, 11) is -3.07. The van der Waals surface area contributed by atoms with Gasteiger partial charge in [0.15, 0.2) is 32.6 Å². The van der Waals surface area contributed by atoms with Crippen molar-refractivity contribution in [1.82, 2.24) is 15.0 Å². The number of rotatable bonds is 1. The SMILES string of the molecule is CC(C)(C)c1ccc(S(C)(=O)=O)cc1.CC(C)(C)c1cccc(C#N)c1.CC(C)(C)c1ccccc1.CC(C)(C)c1ccncc1.CC(C)(C)c1ccncc1.CC(C)(C)c1ccncc1.Cc1ccc(C(C)(C)C)cc1.[C-]#[N+]c1ccc(C(C)(C)C)cc1.[C-]#[N+]c1ccc(C(C)(C)C)cc1.[C-]#[N+]c1ccc(C(C)(C)C)cc1.[C-]#[N+]c1ccc(C(C)(C)C)cc1. The topological polar surface area (TPSA) is 114 Å². The quantitative estimate of drug-likeness (QED) is 0.151. The number of benzene rings is 8. The first-order valence-corrected chi connectivity index (χ1v) is 44.8.